The highest BCUT2D eigenvalue weighted by molar-refractivity contribution is 6.00. The lowest BCUT2D eigenvalue weighted by Crippen LogP contribution is -2.56. The molecule has 4 fully saturated rings. The Balaban J connectivity index is 0.981. The van der Waals surface area contributed by atoms with Gasteiger partial charge in [-0.05, 0) is 118 Å². The van der Waals surface area contributed by atoms with Crippen LogP contribution in [0, 0.1) is 46.3 Å². The summed E-state index contributed by atoms with van der Waals surface area (Å²) in [6.07, 6.45) is 6.49. The Morgan fingerprint density at radius 3 is 1.38 bits per heavy atom. The summed E-state index contributed by atoms with van der Waals surface area (Å²) in [6.45, 7) is 0. The lowest BCUT2D eigenvalue weighted by atomic mass is 9.42. The van der Waals surface area contributed by atoms with Crippen molar-refractivity contribution in [2.24, 2.45) is 23.7 Å². The van der Waals surface area contributed by atoms with Crippen LogP contribution in [0.15, 0.2) is 164 Å². The molecule has 7 aromatic carbocycles. The number of fused-ring (bicyclic) bond motifs is 1. The quantitative estimate of drug-likeness (QED) is 0.161. The van der Waals surface area contributed by atoms with Crippen molar-refractivity contribution in [3.63, 3.8) is 0 Å². The summed E-state index contributed by atoms with van der Waals surface area (Å²) in [5.41, 5.74) is 10.9. The molecule has 1 heterocycles. The van der Waals surface area contributed by atoms with Gasteiger partial charge in [-0.1, -0.05) is 146 Å². The van der Waals surface area contributed by atoms with Gasteiger partial charge < -0.3 is 0 Å². The molecule has 4 aliphatic carbocycles. The van der Waals surface area contributed by atoms with Crippen LogP contribution in [0.2, 0.25) is 0 Å². The fraction of sp³-hybridized carbons (Fsp3) is 0.182. The SMILES string of the molecule is N#Cc1cc(C#N)cc(-c2ccc(C3(c4ccc(-c5ccc(-c6nc(-c7ccccc7)nc(-c7ccccc7)n6)cc5)cc4)C4CC5CC(C4)CC3C5)c3ccccc23)c1. The zero-order valence-corrected chi connectivity index (χ0v) is 33.2. The van der Waals surface area contributed by atoms with Crippen LogP contribution in [0.1, 0.15) is 54.4 Å². The van der Waals surface area contributed by atoms with E-state index in [1.165, 1.54) is 59.6 Å². The molecule has 0 saturated heterocycles. The number of hydrogen-bond donors (Lipinski definition) is 0. The van der Waals surface area contributed by atoms with E-state index in [9.17, 15) is 10.5 Å². The second-order valence-electron chi connectivity index (χ2n) is 17.1. The topological polar surface area (TPSA) is 86.2 Å². The maximum absolute atomic E-state index is 9.81. The van der Waals surface area contributed by atoms with Crippen molar-refractivity contribution in [3.8, 4) is 68.6 Å². The van der Waals surface area contributed by atoms with Crippen molar-refractivity contribution in [1.29, 1.82) is 10.5 Å². The van der Waals surface area contributed by atoms with Gasteiger partial charge in [-0.2, -0.15) is 10.5 Å². The molecule has 60 heavy (non-hydrogen) atoms. The van der Waals surface area contributed by atoms with Crippen molar-refractivity contribution < 1.29 is 0 Å². The van der Waals surface area contributed by atoms with Gasteiger partial charge in [-0.3, -0.25) is 0 Å². The predicted molar refractivity (Wildman–Crippen MR) is 238 cm³/mol. The minimum absolute atomic E-state index is 0.105. The number of aromatic nitrogens is 3. The number of hydrogen-bond acceptors (Lipinski definition) is 5. The fourth-order valence-corrected chi connectivity index (χ4v) is 11.5. The Morgan fingerprint density at radius 1 is 0.417 bits per heavy atom. The van der Waals surface area contributed by atoms with Crippen molar-refractivity contribution in [2.75, 3.05) is 0 Å². The first-order chi connectivity index (χ1) is 29.6. The maximum atomic E-state index is 9.81. The molecule has 12 rings (SSSR count). The van der Waals surface area contributed by atoms with E-state index >= 15 is 0 Å². The molecule has 4 bridgehead atoms. The van der Waals surface area contributed by atoms with Gasteiger partial charge in [0.15, 0.2) is 17.5 Å². The summed E-state index contributed by atoms with van der Waals surface area (Å²) in [7, 11) is 0. The average Bonchev–Trinajstić information content (AvgIpc) is 3.32. The van der Waals surface area contributed by atoms with Gasteiger partial charge in [0.2, 0.25) is 0 Å². The molecule has 8 aromatic rings. The van der Waals surface area contributed by atoms with Crippen LogP contribution in [0.3, 0.4) is 0 Å². The van der Waals surface area contributed by atoms with Crippen LogP contribution in [0.4, 0.5) is 0 Å². The van der Waals surface area contributed by atoms with Crippen LogP contribution < -0.4 is 0 Å². The highest BCUT2D eigenvalue weighted by atomic mass is 15.0. The summed E-state index contributed by atoms with van der Waals surface area (Å²) in [5, 5.41) is 22.1. The molecule has 0 amide bonds. The van der Waals surface area contributed by atoms with Crippen molar-refractivity contribution in [1.82, 2.24) is 15.0 Å². The minimum Gasteiger partial charge on any atom is -0.208 e. The Bertz CT molecular complexity index is 2880. The molecule has 0 aliphatic heterocycles. The van der Waals surface area contributed by atoms with E-state index < -0.39 is 0 Å². The van der Waals surface area contributed by atoms with E-state index in [4.69, 9.17) is 15.0 Å². The summed E-state index contributed by atoms with van der Waals surface area (Å²) in [4.78, 5) is 14.8. The molecule has 286 valence electrons. The monoisotopic (exact) mass is 771 g/mol. The zero-order chi connectivity index (χ0) is 40.2. The first kappa shape index (κ1) is 35.9. The molecule has 0 atom stereocenters. The van der Waals surface area contributed by atoms with Gasteiger partial charge in [-0.15, -0.1) is 0 Å². The fourth-order valence-electron chi connectivity index (χ4n) is 11.5. The van der Waals surface area contributed by atoms with E-state index in [2.05, 4.69) is 97.1 Å². The highest BCUT2D eigenvalue weighted by Gasteiger charge is 2.59. The van der Waals surface area contributed by atoms with Gasteiger partial charge in [0.1, 0.15) is 0 Å². The second-order valence-corrected chi connectivity index (χ2v) is 17.1. The smallest absolute Gasteiger partial charge is 0.164 e. The summed E-state index contributed by atoms with van der Waals surface area (Å²) in [6, 6.07) is 61.8. The van der Waals surface area contributed by atoms with Crippen molar-refractivity contribution >= 4 is 10.8 Å². The van der Waals surface area contributed by atoms with Crippen LogP contribution in [0.25, 0.3) is 67.2 Å². The maximum Gasteiger partial charge on any atom is 0.164 e. The van der Waals surface area contributed by atoms with Crippen LogP contribution >= 0.6 is 0 Å². The minimum atomic E-state index is -0.105. The first-order valence-electron chi connectivity index (χ1n) is 21.1. The molecule has 0 unspecified atom stereocenters. The molecule has 4 saturated carbocycles. The number of benzene rings is 7. The summed E-state index contributed by atoms with van der Waals surface area (Å²) >= 11 is 0. The van der Waals surface area contributed by atoms with E-state index in [1.54, 1.807) is 6.07 Å². The van der Waals surface area contributed by atoms with Crippen molar-refractivity contribution in [3.05, 3.63) is 186 Å². The third-order valence-corrected chi connectivity index (χ3v) is 13.8. The zero-order valence-electron chi connectivity index (χ0n) is 33.2. The molecule has 5 nitrogen and oxygen atoms in total. The Kier molecular flexibility index (Phi) is 8.72. The lowest BCUT2D eigenvalue weighted by molar-refractivity contribution is -0.0412. The molecule has 5 heteroatoms. The van der Waals surface area contributed by atoms with Crippen LogP contribution in [0.5, 0.6) is 0 Å². The van der Waals surface area contributed by atoms with Gasteiger partial charge in [0.05, 0.1) is 23.3 Å². The molecule has 0 radical (unpaired) electrons. The molecule has 0 spiro atoms. The third-order valence-electron chi connectivity index (χ3n) is 13.8. The van der Waals surface area contributed by atoms with E-state index in [0.29, 0.717) is 40.4 Å². The van der Waals surface area contributed by atoms with Gasteiger partial charge in [0, 0.05) is 22.1 Å². The summed E-state index contributed by atoms with van der Waals surface area (Å²) in [5.74, 6) is 4.74. The van der Waals surface area contributed by atoms with Crippen molar-refractivity contribution in [2.45, 2.75) is 37.5 Å². The molecule has 0 N–H and O–H groups in total. The van der Waals surface area contributed by atoms with Crippen LogP contribution in [-0.4, -0.2) is 15.0 Å². The second kappa shape index (κ2) is 14.6. The first-order valence-corrected chi connectivity index (χ1v) is 21.1. The number of rotatable bonds is 7. The van der Waals surface area contributed by atoms with E-state index in [0.717, 1.165) is 45.2 Å². The molecular formula is C55H41N5. The third kappa shape index (κ3) is 6.01. The largest absolute Gasteiger partial charge is 0.208 e. The lowest BCUT2D eigenvalue weighted by Gasteiger charge is -2.62. The Morgan fingerprint density at radius 2 is 0.867 bits per heavy atom. The normalized spacial score (nSPS) is 21.4. The molecular weight excluding hydrogens is 731 g/mol. The highest BCUT2D eigenvalue weighted by Crippen LogP contribution is 2.66. The van der Waals surface area contributed by atoms with E-state index in [-0.39, 0.29) is 5.41 Å². The van der Waals surface area contributed by atoms with Gasteiger partial charge in [-0.25, -0.2) is 15.0 Å². The number of nitrogens with zero attached hydrogens (tertiary/aromatic N) is 5. The van der Waals surface area contributed by atoms with Gasteiger partial charge in [0.25, 0.3) is 0 Å². The van der Waals surface area contributed by atoms with E-state index in [1.807, 2.05) is 72.8 Å². The molecule has 1 aromatic heterocycles. The van der Waals surface area contributed by atoms with Gasteiger partial charge >= 0.3 is 0 Å². The summed E-state index contributed by atoms with van der Waals surface area (Å²) < 4.78 is 0. The Hall–Kier alpha value is -7.21. The average molecular weight is 772 g/mol. The standard InChI is InChI=1S/C55H41N5/c56-33-37-26-38(34-57)28-44(27-37)48-23-24-51(50-14-8-7-13-49(48)50)55(46-29-35-25-36(31-46)32-47(55)30-35)45-21-19-40(20-22-45)39-15-17-43(18-16-39)54-59-52(41-9-3-1-4-10-41)58-53(60-54)42-11-5-2-6-12-42/h1-24,26-28,35-36,46-47H,25,29-32H2. The predicted octanol–water partition coefficient (Wildman–Crippen LogP) is 12.8. The number of nitriles is 2. The van der Waals surface area contributed by atoms with Crippen LogP contribution in [-0.2, 0) is 5.41 Å². The Labute approximate surface area is 350 Å². The molecule has 4 aliphatic rings.